The highest BCUT2D eigenvalue weighted by molar-refractivity contribution is 7.85. The predicted octanol–water partition coefficient (Wildman–Crippen LogP) is 4.41. The third-order valence-electron chi connectivity index (χ3n) is 2.81. The van der Waals surface area contributed by atoms with Crippen molar-refractivity contribution >= 4 is 34.0 Å². The van der Waals surface area contributed by atoms with Gasteiger partial charge in [-0.3, -0.25) is 4.21 Å². The molecule has 2 aromatic rings. The van der Waals surface area contributed by atoms with E-state index in [2.05, 4.69) is 6.07 Å². The Morgan fingerprint density at radius 3 is 2.50 bits per heavy atom. The first kappa shape index (κ1) is 15.1. The molecule has 0 radical (unpaired) electrons. The van der Waals surface area contributed by atoms with Gasteiger partial charge in [0.25, 0.3) is 0 Å². The monoisotopic (exact) mass is 323 g/mol. The minimum atomic E-state index is -1.37. The van der Waals surface area contributed by atoms with E-state index in [-0.39, 0.29) is 5.75 Å². The maximum Gasteiger partial charge on any atom is 0.0831 e. The largest absolute Gasteiger partial charge is 0.254 e. The number of halogens is 2. The van der Waals surface area contributed by atoms with Gasteiger partial charge < -0.3 is 0 Å². The van der Waals surface area contributed by atoms with Crippen molar-refractivity contribution in [2.45, 2.75) is 10.8 Å². The Bertz CT molecular complexity index is 667. The Balaban J connectivity index is 2.22. The van der Waals surface area contributed by atoms with Gasteiger partial charge in [-0.05, 0) is 23.8 Å². The second-order valence-electron chi connectivity index (χ2n) is 4.18. The van der Waals surface area contributed by atoms with Crippen molar-refractivity contribution in [1.82, 2.24) is 0 Å². The average molecular weight is 324 g/mol. The summed E-state index contributed by atoms with van der Waals surface area (Å²) >= 11 is 11.9. The number of nitrogens with zero attached hydrogens (tertiary/aromatic N) is 1. The highest BCUT2D eigenvalue weighted by Crippen LogP contribution is 2.26. The van der Waals surface area contributed by atoms with Gasteiger partial charge in [0.2, 0.25) is 0 Å². The van der Waals surface area contributed by atoms with Gasteiger partial charge in [0, 0.05) is 10.8 Å². The van der Waals surface area contributed by atoms with E-state index in [0.717, 1.165) is 5.56 Å². The van der Waals surface area contributed by atoms with Gasteiger partial charge in [0.1, 0.15) is 0 Å². The lowest BCUT2D eigenvalue weighted by molar-refractivity contribution is 0.680. The summed E-state index contributed by atoms with van der Waals surface area (Å²) in [5.74, 6) is -0.243. The molecule has 0 fully saturated rings. The summed E-state index contributed by atoms with van der Waals surface area (Å²) in [5, 5.41) is 10.1. The Morgan fingerprint density at radius 2 is 1.85 bits per heavy atom. The number of hydrogen-bond donors (Lipinski definition) is 0. The summed E-state index contributed by atoms with van der Waals surface area (Å²) in [4.78, 5) is 0.468. The molecule has 5 heteroatoms. The van der Waals surface area contributed by atoms with Gasteiger partial charge in [-0.15, -0.1) is 0 Å². The van der Waals surface area contributed by atoms with E-state index in [1.807, 2.05) is 30.3 Å². The van der Waals surface area contributed by atoms with Crippen molar-refractivity contribution in [2.75, 3.05) is 5.75 Å². The maximum absolute atomic E-state index is 12.4. The molecule has 0 aliphatic carbocycles. The maximum atomic E-state index is 12.4. The summed E-state index contributed by atoms with van der Waals surface area (Å²) in [6, 6.07) is 16.3. The van der Waals surface area contributed by atoms with Crippen molar-refractivity contribution in [3.05, 3.63) is 64.1 Å². The van der Waals surface area contributed by atoms with Crippen molar-refractivity contribution in [3.8, 4) is 6.07 Å². The summed E-state index contributed by atoms with van der Waals surface area (Å²) in [5.41, 5.74) is 0.849. The molecule has 20 heavy (non-hydrogen) atoms. The van der Waals surface area contributed by atoms with Gasteiger partial charge in [0.15, 0.2) is 0 Å². The molecule has 0 saturated carbocycles. The zero-order valence-electron chi connectivity index (χ0n) is 10.4. The molecule has 2 aromatic carbocycles. The molecule has 2 unspecified atom stereocenters. The number of nitriles is 1. The highest BCUT2D eigenvalue weighted by atomic mass is 35.5. The lowest BCUT2D eigenvalue weighted by atomic mass is 10.0. The standard InChI is InChI=1S/C15H11Cl2NOS/c16-13-6-7-14(17)15(8-13)20(19)10-12(9-18)11-4-2-1-3-5-11/h1-8,12H,10H2. The Kier molecular flexibility index (Phi) is 5.19. The fourth-order valence-electron chi connectivity index (χ4n) is 1.79. The predicted molar refractivity (Wildman–Crippen MR) is 82.5 cm³/mol. The third kappa shape index (κ3) is 3.61. The Labute approximate surface area is 130 Å². The molecule has 0 heterocycles. The van der Waals surface area contributed by atoms with Crippen molar-refractivity contribution in [3.63, 3.8) is 0 Å². The zero-order valence-corrected chi connectivity index (χ0v) is 12.8. The van der Waals surface area contributed by atoms with E-state index in [1.54, 1.807) is 18.2 Å². The van der Waals surface area contributed by atoms with Crippen LogP contribution in [0.25, 0.3) is 0 Å². The molecular weight excluding hydrogens is 313 g/mol. The molecule has 2 rings (SSSR count). The fourth-order valence-corrected chi connectivity index (χ4v) is 3.69. The molecule has 0 aliphatic heterocycles. The van der Waals surface area contributed by atoms with Gasteiger partial charge in [-0.1, -0.05) is 53.5 Å². The van der Waals surface area contributed by atoms with Crippen LogP contribution in [0.15, 0.2) is 53.4 Å². The molecule has 0 bridgehead atoms. The van der Waals surface area contributed by atoms with Crippen molar-refractivity contribution in [2.24, 2.45) is 0 Å². The van der Waals surface area contributed by atoms with Crippen molar-refractivity contribution in [1.29, 1.82) is 5.26 Å². The van der Waals surface area contributed by atoms with Gasteiger partial charge in [0.05, 0.1) is 32.7 Å². The smallest absolute Gasteiger partial charge is 0.0831 e. The molecule has 0 amide bonds. The first-order valence-corrected chi connectivity index (χ1v) is 7.97. The lowest BCUT2D eigenvalue weighted by Crippen LogP contribution is -2.08. The average Bonchev–Trinajstić information content (AvgIpc) is 2.48. The second-order valence-corrected chi connectivity index (χ2v) is 6.49. The van der Waals surface area contributed by atoms with E-state index in [4.69, 9.17) is 23.2 Å². The normalized spacial score (nSPS) is 13.4. The zero-order chi connectivity index (χ0) is 14.5. The van der Waals surface area contributed by atoms with E-state index >= 15 is 0 Å². The molecule has 0 aliphatic rings. The van der Waals surface area contributed by atoms with Crippen LogP contribution in [0.1, 0.15) is 11.5 Å². The van der Waals surface area contributed by atoms with Gasteiger partial charge in [-0.25, -0.2) is 0 Å². The lowest BCUT2D eigenvalue weighted by Gasteiger charge is -2.10. The van der Waals surface area contributed by atoms with Crippen LogP contribution < -0.4 is 0 Å². The molecule has 0 saturated heterocycles. The number of benzene rings is 2. The van der Waals surface area contributed by atoms with Crippen LogP contribution in [0, 0.1) is 11.3 Å². The van der Waals surface area contributed by atoms with Crippen LogP contribution >= 0.6 is 23.2 Å². The van der Waals surface area contributed by atoms with Gasteiger partial charge >= 0.3 is 0 Å². The Morgan fingerprint density at radius 1 is 1.15 bits per heavy atom. The molecule has 0 N–H and O–H groups in total. The SMILES string of the molecule is N#CC(CS(=O)c1cc(Cl)ccc1Cl)c1ccccc1. The van der Waals surface area contributed by atoms with Crippen LogP contribution in [0.3, 0.4) is 0 Å². The van der Waals surface area contributed by atoms with E-state index in [1.165, 1.54) is 0 Å². The molecule has 0 spiro atoms. The summed E-state index contributed by atoms with van der Waals surface area (Å²) in [6.07, 6.45) is 0. The molecular formula is C15H11Cl2NOS. The Hall–Kier alpha value is -1.34. The summed E-state index contributed by atoms with van der Waals surface area (Å²) < 4.78 is 12.4. The highest BCUT2D eigenvalue weighted by Gasteiger charge is 2.17. The van der Waals surface area contributed by atoms with E-state index < -0.39 is 16.7 Å². The van der Waals surface area contributed by atoms with E-state index in [9.17, 15) is 9.47 Å². The van der Waals surface area contributed by atoms with Crippen LogP contribution in [0.5, 0.6) is 0 Å². The third-order valence-corrected chi connectivity index (χ3v) is 4.96. The molecule has 102 valence electrons. The second kappa shape index (κ2) is 6.90. The van der Waals surface area contributed by atoms with Crippen LogP contribution in [0.2, 0.25) is 10.0 Å². The van der Waals surface area contributed by atoms with Crippen LogP contribution in [0.4, 0.5) is 0 Å². The summed E-state index contributed by atoms with van der Waals surface area (Å²) in [7, 11) is -1.37. The minimum Gasteiger partial charge on any atom is -0.254 e. The molecule has 2 nitrogen and oxygen atoms in total. The quantitative estimate of drug-likeness (QED) is 0.836. The van der Waals surface area contributed by atoms with Crippen molar-refractivity contribution < 1.29 is 4.21 Å². The van der Waals surface area contributed by atoms with E-state index in [0.29, 0.717) is 14.9 Å². The minimum absolute atomic E-state index is 0.195. The number of rotatable bonds is 4. The first-order valence-electron chi connectivity index (χ1n) is 5.90. The van der Waals surface area contributed by atoms with Gasteiger partial charge in [-0.2, -0.15) is 5.26 Å². The first-order chi connectivity index (χ1) is 9.61. The number of hydrogen-bond acceptors (Lipinski definition) is 2. The fraction of sp³-hybridized carbons (Fsp3) is 0.133. The molecule has 0 aromatic heterocycles. The van der Waals surface area contributed by atoms with Crippen LogP contribution in [-0.2, 0) is 10.8 Å². The van der Waals surface area contributed by atoms with Crippen LogP contribution in [-0.4, -0.2) is 9.96 Å². The molecule has 2 atom stereocenters. The summed E-state index contributed by atoms with van der Waals surface area (Å²) in [6.45, 7) is 0. The topological polar surface area (TPSA) is 40.9 Å².